The second kappa shape index (κ2) is 9.22. The van der Waals surface area contributed by atoms with Crippen LogP contribution in [0.15, 0.2) is 41.3 Å². The first-order valence-corrected chi connectivity index (χ1v) is 11.0. The van der Waals surface area contributed by atoms with Crippen molar-refractivity contribution in [1.29, 1.82) is 0 Å². The van der Waals surface area contributed by atoms with E-state index >= 15 is 0 Å². The van der Waals surface area contributed by atoms with Gasteiger partial charge in [-0.05, 0) is 49.2 Å². The smallest absolute Gasteiger partial charge is 0.244 e. The number of carbonyl (C=O) groups is 1. The van der Waals surface area contributed by atoms with Gasteiger partial charge in [0, 0.05) is 27.9 Å². The Hall–Kier alpha value is -1.37. The molecule has 1 amide bonds. The van der Waals surface area contributed by atoms with Crippen molar-refractivity contribution in [3.05, 3.63) is 47.0 Å². The Kier molecular flexibility index (Phi) is 6.95. The number of anilines is 1. The lowest BCUT2D eigenvalue weighted by Gasteiger charge is -2.32. The predicted molar refractivity (Wildman–Crippen MR) is 115 cm³/mol. The third-order valence-corrected chi connectivity index (χ3v) is 6.44. The molecule has 2 aromatic carbocycles. The molecule has 3 rings (SSSR count). The first-order chi connectivity index (χ1) is 13.0. The summed E-state index contributed by atoms with van der Waals surface area (Å²) in [5.41, 5.74) is 1.69. The number of rotatable bonds is 7. The van der Waals surface area contributed by atoms with Gasteiger partial charge < -0.3 is 14.4 Å². The van der Waals surface area contributed by atoms with Crippen LogP contribution < -0.4 is 14.4 Å². The Morgan fingerprint density at radius 2 is 2.04 bits per heavy atom. The number of hydrogen-bond donors (Lipinski definition) is 0. The minimum Gasteiger partial charge on any atom is -0.497 e. The summed E-state index contributed by atoms with van der Waals surface area (Å²) in [6, 6.07) is 11.2. The van der Waals surface area contributed by atoms with Crippen LogP contribution in [0.1, 0.15) is 23.7 Å². The summed E-state index contributed by atoms with van der Waals surface area (Å²) in [7, 11) is 3.41. The van der Waals surface area contributed by atoms with Gasteiger partial charge in [-0.1, -0.05) is 27.5 Å². The zero-order valence-corrected chi connectivity index (χ0v) is 18.4. The van der Waals surface area contributed by atoms with Gasteiger partial charge in [0.15, 0.2) is 0 Å². The molecule has 0 saturated heterocycles. The highest BCUT2D eigenvalue weighted by atomic mass is 79.9. The van der Waals surface area contributed by atoms with Crippen molar-refractivity contribution in [1.82, 2.24) is 0 Å². The quantitative estimate of drug-likeness (QED) is 0.384. The monoisotopic (exact) mass is 469 g/mol. The number of amides is 1. The van der Waals surface area contributed by atoms with Crippen LogP contribution in [0.5, 0.6) is 11.5 Å². The molecule has 0 spiro atoms. The molecular weight excluding hydrogens is 450 g/mol. The molecule has 0 bridgehead atoms. The molecule has 0 aromatic heterocycles. The highest BCUT2D eigenvalue weighted by Crippen LogP contribution is 2.49. The minimum absolute atomic E-state index is 0.00776. The van der Waals surface area contributed by atoms with E-state index in [1.54, 1.807) is 25.1 Å². The van der Waals surface area contributed by atoms with Gasteiger partial charge in [-0.15, -0.1) is 11.8 Å². The second-order valence-corrected chi connectivity index (χ2v) is 8.53. The van der Waals surface area contributed by atoms with Crippen molar-refractivity contribution in [3.63, 3.8) is 0 Å². The molecule has 1 aliphatic rings. The Morgan fingerprint density at radius 1 is 1.22 bits per heavy atom. The van der Waals surface area contributed by atoms with Gasteiger partial charge in [0.05, 0.1) is 19.4 Å². The summed E-state index contributed by atoms with van der Waals surface area (Å²) in [5, 5.41) is 1.19. The van der Waals surface area contributed by atoms with Crippen LogP contribution in [0.2, 0.25) is 5.02 Å². The Labute approximate surface area is 177 Å². The number of nitrogens with zero attached hydrogens (tertiary/aromatic N) is 1. The van der Waals surface area contributed by atoms with Gasteiger partial charge in [0.2, 0.25) is 5.91 Å². The van der Waals surface area contributed by atoms with Crippen molar-refractivity contribution in [2.24, 2.45) is 0 Å². The van der Waals surface area contributed by atoms with Gasteiger partial charge in [0.1, 0.15) is 16.7 Å². The van der Waals surface area contributed by atoms with Crippen LogP contribution in [0.25, 0.3) is 0 Å². The first-order valence-electron chi connectivity index (χ1n) is 8.65. The highest BCUT2D eigenvalue weighted by Gasteiger charge is 2.34. The molecule has 0 N–H and O–H groups in total. The second-order valence-electron chi connectivity index (χ2n) is 6.16. The SMILES string of the molecule is COc1ccc(OCCCCBr)c(C2Sc3cc(Cl)ccc3N(C)C2=O)c1. The average molecular weight is 471 g/mol. The van der Waals surface area contributed by atoms with Crippen LogP contribution in [0.4, 0.5) is 5.69 Å². The Morgan fingerprint density at radius 3 is 2.78 bits per heavy atom. The van der Waals surface area contributed by atoms with Crippen LogP contribution in [0.3, 0.4) is 0 Å². The number of carbonyl (C=O) groups excluding carboxylic acids is 1. The molecule has 27 heavy (non-hydrogen) atoms. The number of fused-ring (bicyclic) bond motifs is 1. The molecule has 0 fully saturated rings. The molecular formula is C20H21BrClNO3S. The van der Waals surface area contributed by atoms with Crippen molar-refractivity contribution in [2.45, 2.75) is 23.0 Å². The summed E-state index contributed by atoms with van der Waals surface area (Å²) in [6.07, 6.45) is 1.98. The average Bonchev–Trinajstić information content (AvgIpc) is 2.68. The van der Waals surface area contributed by atoms with Gasteiger partial charge in [-0.25, -0.2) is 0 Å². The van der Waals surface area contributed by atoms with Crippen LogP contribution in [-0.4, -0.2) is 32.0 Å². The molecule has 1 atom stereocenters. The van der Waals surface area contributed by atoms with E-state index in [9.17, 15) is 4.79 Å². The number of hydrogen-bond acceptors (Lipinski definition) is 4. The standard InChI is InChI=1S/C20H21BrClNO3S/c1-23-16-7-5-13(22)11-18(16)27-19(20(23)24)15-12-14(25-2)6-8-17(15)26-10-4-3-9-21/h5-8,11-12,19H,3-4,9-10H2,1-2H3. The topological polar surface area (TPSA) is 38.8 Å². The number of unbranched alkanes of at least 4 members (excludes halogenated alkanes) is 1. The van der Waals surface area contributed by atoms with E-state index in [2.05, 4.69) is 15.9 Å². The fraction of sp³-hybridized carbons (Fsp3) is 0.350. The molecule has 1 aliphatic heterocycles. The Balaban J connectivity index is 1.95. The van der Waals surface area contributed by atoms with E-state index in [1.165, 1.54) is 11.8 Å². The normalized spacial score (nSPS) is 16.2. The summed E-state index contributed by atoms with van der Waals surface area (Å²) in [6.45, 7) is 0.606. The number of alkyl halides is 1. The molecule has 0 aliphatic carbocycles. The van der Waals surface area contributed by atoms with Gasteiger partial charge >= 0.3 is 0 Å². The molecule has 1 heterocycles. The maximum Gasteiger partial charge on any atom is 0.244 e. The lowest BCUT2D eigenvalue weighted by molar-refractivity contribution is -0.118. The lowest BCUT2D eigenvalue weighted by atomic mass is 10.1. The van der Waals surface area contributed by atoms with Crippen LogP contribution in [-0.2, 0) is 4.79 Å². The minimum atomic E-state index is -0.415. The Bertz CT molecular complexity index is 833. The summed E-state index contributed by atoms with van der Waals surface area (Å²) in [4.78, 5) is 15.7. The predicted octanol–water partition coefficient (Wildman–Crippen LogP) is 5.71. The molecule has 1 unspecified atom stereocenters. The van der Waals surface area contributed by atoms with E-state index in [0.717, 1.165) is 40.1 Å². The fourth-order valence-electron chi connectivity index (χ4n) is 2.90. The van der Waals surface area contributed by atoms with Crippen molar-refractivity contribution >= 4 is 50.9 Å². The van der Waals surface area contributed by atoms with Crippen LogP contribution in [0, 0.1) is 0 Å². The van der Waals surface area contributed by atoms with Gasteiger partial charge in [0.25, 0.3) is 0 Å². The molecule has 7 heteroatoms. The van der Waals surface area contributed by atoms with Gasteiger partial charge in [-0.3, -0.25) is 4.79 Å². The van der Waals surface area contributed by atoms with Crippen molar-refractivity contribution < 1.29 is 14.3 Å². The number of likely N-dealkylation sites (N-methyl/N-ethyl adjacent to an activating group) is 1. The van der Waals surface area contributed by atoms with Crippen LogP contribution >= 0.6 is 39.3 Å². The van der Waals surface area contributed by atoms with E-state index in [4.69, 9.17) is 21.1 Å². The maximum absolute atomic E-state index is 13.1. The molecule has 2 aromatic rings. The maximum atomic E-state index is 13.1. The van der Waals surface area contributed by atoms with Crippen molar-refractivity contribution in [3.8, 4) is 11.5 Å². The number of halogens is 2. The summed E-state index contributed by atoms with van der Waals surface area (Å²) < 4.78 is 11.4. The zero-order chi connectivity index (χ0) is 19.4. The molecule has 0 radical (unpaired) electrons. The fourth-order valence-corrected chi connectivity index (χ4v) is 4.87. The lowest BCUT2D eigenvalue weighted by Crippen LogP contribution is -2.33. The van der Waals surface area contributed by atoms with E-state index < -0.39 is 5.25 Å². The van der Waals surface area contributed by atoms with E-state index in [0.29, 0.717) is 17.4 Å². The number of methoxy groups -OCH3 is 1. The molecule has 144 valence electrons. The molecule has 4 nitrogen and oxygen atoms in total. The van der Waals surface area contributed by atoms with Crippen molar-refractivity contribution in [2.75, 3.05) is 31.0 Å². The number of ether oxygens (including phenoxy) is 2. The summed E-state index contributed by atoms with van der Waals surface area (Å²) >= 11 is 11.1. The number of benzene rings is 2. The third-order valence-electron chi connectivity index (χ3n) is 4.37. The first kappa shape index (κ1) is 20.4. The summed E-state index contributed by atoms with van der Waals surface area (Å²) in [5.74, 6) is 1.43. The largest absolute Gasteiger partial charge is 0.497 e. The van der Waals surface area contributed by atoms with E-state index in [-0.39, 0.29) is 5.91 Å². The zero-order valence-electron chi connectivity index (χ0n) is 15.2. The molecule has 0 saturated carbocycles. The van der Waals surface area contributed by atoms with E-state index in [1.807, 2.05) is 30.3 Å². The van der Waals surface area contributed by atoms with Gasteiger partial charge in [-0.2, -0.15) is 0 Å². The third kappa shape index (κ3) is 4.55. The highest BCUT2D eigenvalue weighted by molar-refractivity contribution is 9.09. The number of thioether (sulfide) groups is 1.